The van der Waals surface area contributed by atoms with Crippen LogP contribution >= 0.6 is 12.4 Å². The number of likely N-dealkylation sites (tertiary alicyclic amines) is 2. The van der Waals surface area contributed by atoms with E-state index in [0.29, 0.717) is 13.1 Å². The second-order valence-electron chi connectivity index (χ2n) is 7.69. The lowest BCUT2D eigenvalue weighted by molar-refractivity contribution is -0.126. The number of hydrogen-bond donors (Lipinski definition) is 2. The Hall–Kier alpha value is -1.79. The third-order valence-electron chi connectivity index (χ3n) is 5.81. The Morgan fingerprint density at radius 2 is 1.78 bits per heavy atom. The highest BCUT2D eigenvalue weighted by molar-refractivity contribution is 5.85. The fourth-order valence-corrected chi connectivity index (χ4v) is 4.26. The van der Waals surface area contributed by atoms with Crippen LogP contribution < -0.4 is 10.6 Å². The van der Waals surface area contributed by atoms with Gasteiger partial charge in [-0.3, -0.25) is 4.79 Å². The average molecular weight is 393 g/mol. The average Bonchev–Trinajstić information content (AvgIpc) is 3.36. The van der Waals surface area contributed by atoms with Gasteiger partial charge in [-0.25, -0.2) is 4.79 Å². The summed E-state index contributed by atoms with van der Waals surface area (Å²) in [5, 5.41) is 6.42. The monoisotopic (exact) mass is 392 g/mol. The molecule has 27 heavy (non-hydrogen) atoms. The Balaban J connectivity index is 0.00000210. The molecule has 3 aliphatic heterocycles. The summed E-state index contributed by atoms with van der Waals surface area (Å²) in [6, 6.07) is 6.54. The Morgan fingerprint density at radius 1 is 1.04 bits per heavy atom. The molecule has 7 heteroatoms. The molecule has 3 aliphatic rings. The maximum Gasteiger partial charge on any atom is 0.320 e. The molecule has 2 saturated heterocycles. The highest BCUT2D eigenvalue weighted by atomic mass is 35.5. The van der Waals surface area contributed by atoms with Crippen LogP contribution in [0, 0.1) is 5.92 Å². The van der Waals surface area contributed by atoms with Crippen molar-refractivity contribution in [1.82, 2.24) is 20.4 Å². The molecule has 1 atom stereocenters. The van der Waals surface area contributed by atoms with Gasteiger partial charge in [-0.1, -0.05) is 18.2 Å². The van der Waals surface area contributed by atoms with Crippen LogP contribution in [0.2, 0.25) is 0 Å². The van der Waals surface area contributed by atoms with E-state index >= 15 is 0 Å². The molecule has 4 rings (SSSR count). The molecule has 3 heterocycles. The topological polar surface area (TPSA) is 64.7 Å². The number of carbonyl (C=O) groups excluding carboxylic acids is 2. The van der Waals surface area contributed by atoms with Crippen molar-refractivity contribution < 1.29 is 9.59 Å². The maximum absolute atomic E-state index is 12.6. The SMILES string of the molecule is Cl.O=C(NCc1ccc2c(c1)CNC2)C1CCCN(C(=O)N2CCCC2)C1. The minimum atomic E-state index is -0.0913. The number of fused-ring (bicyclic) bond motifs is 1. The van der Waals surface area contributed by atoms with Crippen LogP contribution in [0.1, 0.15) is 42.4 Å². The zero-order chi connectivity index (χ0) is 17.9. The Kier molecular flexibility index (Phi) is 6.60. The van der Waals surface area contributed by atoms with Crippen LogP contribution in [-0.4, -0.2) is 47.9 Å². The zero-order valence-corrected chi connectivity index (χ0v) is 16.5. The van der Waals surface area contributed by atoms with Gasteiger partial charge in [-0.15, -0.1) is 12.4 Å². The molecular weight excluding hydrogens is 364 g/mol. The molecule has 0 aromatic heterocycles. The Bertz CT molecular complexity index is 691. The lowest BCUT2D eigenvalue weighted by atomic mass is 9.97. The van der Waals surface area contributed by atoms with E-state index in [0.717, 1.165) is 64.0 Å². The van der Waals surface area contributed by atoms with E-state index in [1.54, 1.807) is 0 Å². The predicted octanol–water partition coefficient (Wildman–Crippen LogP) is 2.26. The molecular formula is C20H29ClN4O2. The van der Waals surface area contributed by atoms with Crippen molar-refractivity contribution in [2.45, 2.75) is 45.3 Å². The molecule has 148 valence electrons. The summed E-state index contributed by atoms with van der Waals surface area (Å²) < 4.78 is 0. The van der Waals surface area contributed by atoms with Gasteiger partial charge in [-0.05, 0) is 42.4 Å². The number of benzene rings is 1. The fourth-order valence-electron chi connectivity index (χ4n) is 4.26. The number of amides is 3. The molecule has 2 fully saturated rings. The Morgan fingerprint density at radius 3 is 2.59 bits per heavy atom. The summed E-state index contributed by atoms with van der Waals surface area (Å²) in [6.07, 6.45) is 3.96. The molecule has 3 amide bonds. The van der Waals surface area contributed by atoms with Gasteiger partial charge in [0.25, 0.3) is 0 Å². The largest absolute Gasteiger partial charge is 0.352 e. The van der Waals surface area contributed by atoms with Gasteiger partial charge < -0.3 is 20.4 Å². The molecule has 1 unspecified atom stereocenters. The van der Waals surface area contributed by atoms with Crippen LogP contribution in [0.3, 0.4) is 0 Å². The minimum Gasteiger partial charge on any atom is -0.352 e. The van der Waals surface area contributed by atoms with Gasteiger partial charge in [0.05, 0.1) is 5.92 Å². The first-order valence-electron chi connectivity index (χ1n) is 9.83. The maximum atomic E-state index is 12.6. The summed E-state index contributed by atoms with van der Waals surface area (Å²) in [4.78, 5) is 29.0. The second kappa shape index (κ2) is 8.93. The van der Waals surface area contributed by atoms with Crippen LogP contribution in [0.15, 0.2) is 18.2 Å². The molecule has 0 radical (unpaired) electrons. The minimum absolute atomic E-state index is 0. The summed E-state index contributed by atoms with van der Waals surface area (Å²) in [6.45, 7) is 5.45. The van der Waals surface area contributed by atoms with Gasteiger partial charge in [0.15, 0.2) is 0 Å². The standard InChI is InChI=1S/C20H28N4O2.ClH/c25-19(22-11-15-5-6-16-12-21-13-18(16)10-15)17-4-3-9-24(14-17)20(26)23-7-1-2-8-23;/h5-6,10,17,21H,1-4,7-9,11-14H2,(H,22,25);1H. The second-order valence-corrected chi connectivity index (χ2v) is 7.69. The number of hydrogen-bond acceptors (Lipinski definition) is 3. The van der Waals surface area contributed by atoms with Gasteiger partial charge >= 0.3 is 6.03 Å². The first-order chi connectivity index (χ1) is 12.7. The van der Waals surface area contributed by atoms with Crippen LogP contribution in [0.4, 0.5) is 4.79 Å². The molecule has 1 aromatic carbocycles. The highest BCUT2D eigenvalue weighted by Crippen LogP contribution is 2.21. The first kappa shape index (κ1) is 20.0. The van der Waals surface area contributed by atoms with E-state index in [1.807, 2.05) is 9.80 Å². The van der Waals surface area contributed by atoms with Crippen LogP contribution in [0.5, 0.6) is 0 Å². The Labute approximate surface area is 167 Å². The molecule has 2 N–H and O–H groups in total. The van der Waals surface area contributed by atoms with Crippen molar-refractivity contribution in [1.29, 1.82) is 0 Å². The number of urea groups is 1. The van der Waals surface area contributed by atoms with Crippen molar-refractivity contribution in [3.63, 3.8) is 0 Å². The quantitative estimate of drug-likeness (QED) is 0.829. The van der Waals surface area contributed by atoms with Crippen molar-refractivity contribution in [2.75, 3.05) is 26.2 Å². The number of nitrogens with one attached hydrogen (secondary N) is 2. The van der Waals surface area contributed by atoms with E-state index in [4.69, 9.17) is 0 Å². The normalized spacial score (nSPS) is 21.6. The fraction of sp³-hybridized carbons (Fsp3) is 0.600. The molecule has 0 aliphatic carbocycles. The van der Waals surface area contributed by atoms with Crippen LogP contribution in [0.25, 0.3) is 0 Å². The van der Waals surface area contributed by atoms with E-state index in [-0.39, 0.29) is 30.3 Å². The molecule has 0 saturated carbocycles. The molecule has 0 bridgehead atoms. The highest BCUT2D eigenvalue weighted by Gasteiger charge is 2.31. The van der Waals surface area contributed by atoms with Crippen molar-refractivity contribution in [3.8, 4) is 0 Å². The third-order valence-corrected chi connectivity index (χ3v) is 5.81. The van der Waals surface area contributed by atoms with Crippen molar-refractivity contribution in [2.24, 2.45) is 5.92 Å². The van der Waals surface area contributed by atoms with E-state index in [9.17, 15) is 9.59 Å². The van der Waals surface area contributed by atoms with E-state index < -0.39 is 0 Å². The van der Waals surface area contributed by atoms with Crippen molar-refractivity contribution in [3.05, 3.63) is 34.9 Å². The number of rotatable bonds is 3. The van der Waals surface area contributed by atoms with Crippen LogP contribution in [-0.2, 0) is 24.4 Å². The molecule has 1 aromatic rings. The lowest BCUT2D eigenvalue weighted by Gasteiger charge is -2.34. The van der Waals surface area contributed by atoms with Crippen molar-refractivity contribution >= 4 is 24.3 Å². The predicted molar refractivity (Wildman–Crippen MR) is 107 cm³/mol. The van der Waals surface area contributed by atoms with Gasteiger partial charge in [0.1, 0.15) is 0 Å². The number of nitrogens with zero attached hydrogens (tertiary/aromatic N) is 2. The smallest absolute Gasteiger partial charge is 0.320 e. The van der Waals surface area contributed by atoms with Gasteiger partial charge in [-0.2, -0.15) is 0 Å². The first-order valence-corrected chi connectivity index (χ1v) is 9.83. The molecule has 0 spiro atoms. The number of halogens is 1. The van der Waals surface area contributed by atoms with Gasteiger partial charge in [0.2, 0.25) is 5.91 Å². The number of carbonyl (C=O) groups is 2. The van der Waals surface area contributed by atoms with E-state index in [1.165, 1.54) is 11.1 Å². The summed E-state index contributed by atoms with van der Waals surface area (Å²) in [5.41, 5.74) is 3.82. The number of piperidine rings is 1. The third kappa shape index (κ3) is 4.55. The lowest BCUT2D eigenvalue weighted by Crippen LogP contribution is -2.49. The molecule has 6 nitrogen and oxygen atoms in total. The summed E-state index contributed by atoms with van der Waals surface area (Å²) >= 11 is 0. The van der Waals surface area contributed by atoms with E-state index in [2.05, 4.69) is 28.8 Å². The van der Waals surface area contributed by atoms with Gasteiger partial charge in [0, 0.05) is 45.8 Å². The zero-order valence-electron chi connectivity index (χ0n) is 15.7. The summed E-state index contributed by atoms with van der Waals surface area (Å²) in [7, 11) is 0. The summed E-state index contributed by atoms with van der Waals surface area (Å²) in [5.74, 6) is -0.0195.